The van der Waals surface area contributed by atoms with Crippen LogP contribution >= 0.6 is 0 Å². The number of hydrogen-bond acceptors (Lipinski definition) is 5. The van der Waals surface area contributed by atoms with E-state index in [0.29, 0.717) is 18.4 Å². The van der Waals surface area contributed by atoms with E-state index in [1.807, 2.05) is 13.0 Å². The zero-order chi connectivity index (χ0) is 16.4. The molecule has 0 unspecified atom stereocenters. The number of esters is 1. The van der Waals surface area contributed by atoms with Gasteiger partial charge in [0.05, 0.1) is 4.90 Å². The molecule has 0 spiro atoms. The van der Waals surface area contributed by atoms with Crippen LogP contribution in [0.5, 0.6) is 0 Å². The Bertz CT molecular complexity index is 725. The van der Waals surface area contributed by atoms with Gasteiger partial charge in [-0.05, 0) is 43.9 Å². The molecule has 1 aliphatic rings. The largest absolute Gasteiger partial charge is 0.449 e. The first-order valence-corrected chi connectivity index (χ1v) is 8.69. The summed E-state index contributed by atoms with van der Waals surface area (Å²) in [5.41, 5.74) is 1.44. The number of ether oxygens (including phenoxy) is 1. The second-order valence-corrected chi connectivity index (χ2v) is 7.94. The molecule has 6 heteroatoms. The Morgan fingerprint density at radius 2 is 1.95 bits per heavy atom. The fourth-order valence-corrected chi connectivity index (χ4v) is 5.32. The van der Waals surface area contributed by atoms with Gasteiger partial charge in [0.15, 0.2) is 21.2 Å². The molecule has 0 amide bonds. The number of carbonyl (C=O) groups is 1. The molecule has 0 saturated heterocycles. The first-order valence-electron chi connectivity index (χ1n) is 7.21. The van der Waals surface area contributed by atoms with Crippen molar-refractivity contribution in [1.29, 1.82) is 5.26 Å². The monoisotopic (exact) mass is 321 g/mol. The third-order valence-corrected chi connectivity index (χ3v) is 6.82. The lowest BCUT2D eigenvalue weighted by Gasteiger charge is -2.27. The smallest absolute Gasteiger partial charge is 0.328 e. The number of rotatable bonds is 4. The summed E-state index contributed by atoms with van der Waals surface area (Å²) >= 11 is 0. The van der Waals surface area contributed by atoms with Gasteiger partial charge < -0.3 is 4.74 Å². The van der Waals surface area contributed by atoms with E-state index in [4.69, 9.17) is 10.00 Å². The van der Waals surface area contributed by atoms with Crippen molar-refractivity contribution < 1.29 is 17.9 Å². The Balaban J connectivity index is 2.54. The summed E-state index contributed by atoms with van der Waals surface area (Å²) in [7, 11) is -3.87. The second kappa shape index (κ2) is 6.09. The van der Waals surface area contributed by atoms with E-state index < -0.39 is 27.2 Å². The summed E-state index contributed by atoms with van der Waals surface area (Å²) in [5.74, 6) is -0.799. The van der Waals surface area contributed by atoms with E-state index in [9.17, 15) is 13.2 Å². The van der Waals surface area contributed by atoms with Crippen molar-refractivity contribution in [1.82, 2.24) is 0 Å². The van der Waals surface area contributed by atoms with Gasteiger partial charge in [0, 0.05) is 0 Å². The van der Waals surface area contributed by atoms with E-state index in [-0.39, 0.29) is 17.7 Å². The van der Waals surface area contributed by atoms with Crippen molar-refractivity contribution in [3.05, 3.63) is 29.3 Å². The van der Waals surface area contributed by atoms with Crippen LogP contribution in [-0.2, 0) is 19.4 Å². The van der Waals surface area contributed by atoms with Crippen molar-refractivity contribution in [2.75, 3.05) is 6.61 Å². The third-order valence-electron chi connectivity index (χ3n) is 4.20. The molecule has 118 valence electrons. The van der Waals surface area contributed by atoms with Crippen LogP contribution in [0.2, 0.25) is 0 Å². The average molecular weight is 321 g/mol. The van der Waals surface area contributed by atoms with Crippen molar-refractivity contribution in [3.8, 4) is 6.07 Å². The number of carbonyl (C=O) groups excluding carboxylic acids is 1. The first kappa shape index (κ1) is 16.5. The van der Waals surface area contributed by atoms with E-state index in [1.165, 1.54) is 0 Å². The van der Waals surface area contributed by atoms with Crippen molar-refractivity contribution >= 4 is 15.8 Å². The summed E-state index contributed by atoms with van der Waals surface area (Å²) in [4.78, 5) is 12.6. The predicted molar refractivity (Wildman–Crippen MR) is 80.9 cm³/mol. The number of nitrogens with zero attached hydrogens (tertiary/aromatic N) is 1. The summed E-state index contributed by atoms with van der Waals surface area (Å²) in [5, 5.41) is 8.57. The normalized spacial score (nSPS) is 17.0. The molecule has 1 aromatic rings. The highest BCUT2D eigenvalue weighted by atomic mass is 32.2. The SMILES string of the molecule is Cc1ccc(C)c(S(=O)(=O)C2(C(=O)OCC#N)CCCC2)c1. The highest BCUT2D eigenvalue weighted by molar-refractivity contribution is 7.93. The van der Waals surface area contributed by atoms with Crippen molar-refractivity contribution in [2.45, 2.75) is 49.2 Å². The molecule has 1 aromatic carbocycles. The zero-order valence-electron chi connectivity index (χ0n) is 12.8. The number of benzene rings is 1. The summed E-state index contributed by atoms with van der Waals surface area (Å²) in [6, 6.07) is 6.89. The van der Waals surface area contributed by atoms with E-state index >= 15 is 0 Å². The van der Waals surface area contributed by atoms with Gasteiger partial charge in [-0.25, -0.2) is 8.42 Å². The lowest BCUT2D eigenvalue weighted by atomic mass is 10.1. The maximum absolute atomic E-state index is 13.2. The molecule has 0 aliphatic heterocycles. The number of nitriles is 1. The van der Waals surface area contributed by atoms with E-state index in [0.717, 1.165) is 5.56 Å². The second-order valence-electron chi connectivity index (χ2n) is 5.71. The minimum absolute atomic E-state index is 0.184. The van der Waals surface area contributed by atoms with Gasteiger partial charge in [0.1, 0.15) is 6.07 Å². The van der Waals surface area contributed by atoms with Gasteiger partial charge >= 0.3 is 5.97 Å². The molecule has 0 aromatic heterocycles. The standard InChI is InChI=1S/C16H19NO4S/c1-12-5-6-13(2)14(11-12)22(19,20)16(7-3-4-8-16)15(18)21-10-9-17/h5-6,11H,3-4,7-8,10H2,1-2H3. The fourth-order valence-electron chi connectivity index (χ4n) is 2.97. The third kappa shape index (κ3) is 2.61. The number of hydrogen-bond donors (Lipinski definition) is 0. The molecule has 0 N–H and O–H groups in total. The first-order chi connectivity index (χ1) is 10.3. The highest BCUT2D eigenvalue weighted by Gasteiger charge is 2.54. The average Bonchev–Trinajstić information content (AvgIpc) is 2.98. The molecule has 0 heterocycles. The van der Waals surface area contributed by atoms with Crippen LogP contribution in [0, 0.1) is 25.2 Å². The van der Waals surface area contributed by atoms with Crippen LogP contribution in [0.3, 0.4) is 0 Å². The van der Waals surface area contributed by atoms with Crippen molar-refractivity contribution in [2.24, 2.45) is 0 Å². The van der Waals surface area contributed by atoms with Gasteiger partial charge in [-0.2, -0.15) is 5.26 Å². The molecule has 1 aliphatic carbocycles. The van der Waals surface area contributed by atoms with Crippen molar-refractivity contribution in [3.63, 3.8) is 0 Å². The highest BCUT2D eigenvalue weighted by Crippen LogP contribution is 2.42. The van der Waals surface area contributed by atoms with Crippen LogP contribution < -0.4 is 0 Å². The lowest BCUT2D eigenvalue weighted by Crippen LogP contribution is -2.45. The quantitative estimate of drug-likeness (QED) is 0.795. The predicted octanol–water partition coefficient (Wildman–Crippen LogP) is 2.46. The molecule has 0 radical (unpaired) electrons. The molecular formula is C16H19NO4S. The topological polar surface area (TPSA) is 84.2 Å². The molecule has 0 bridgehead atoms. The molecule has 1 saturated carbocycles. The maximum atomic E-state index is 13.2. The van der Waals surface area contributed by atoms with E-state index in [2.05, 4.69) is 0 Å². The minimum Gasteiger partial charge on any atom is -0.449 e. The van der Waals surface area contributed by atoms with Crippen LogP contribution in [0.25, 0.3) is 0 Å². The summed E-state index contributed by atoms with van der Waals surface area (Å²) < 4.78 is 29.6. The van der Waals surface area contributed by atoms with Gasteiger partial charge in [0.2, 0.25) is 0 Å². The Labute approximate surface area is 130 Å². The Kier molecular flexibility index (Phi) is 4.57. The minimum atomic E-state index is -3.87. The van der Waals surface area contributed by atoms with Crippen LogP contribution in [0.1, 0.15) is 36.8 Å². The van der Waals surface area contributed by atoms with Gasteiger partial charge in [-0.3, -0.25) is 4.79 Å². The lowest BCUT2D eigenvalue weighted by molar-refractivity contribution is -0.145. The summed E-state index contributed by atoms with van der Waals surface area (Å²) in [6.45, 7) is 3.10. The number of aryl methyl sites for hydroxylation is 2. The summed E-state index contributed by atoms with van der Waals surface area (Å²) in [6.07, 6.45) is 1.80. The van der Waals surface area contributed by atoms with Gasteiger partial charge in [-0.15, -0.1) is 0 Å². The van der Waals surface area contributed by atoms with Gasteiger partial charge in [0.25, 0.3) is 0 Å². The van der Waals surface area contributed by atoms with Crippen LogP contribution in [0.4, 0.5) is 0 Å². The Morgan fingerprint density at radius 3 is 2.55 bits per heavy atom. The molecule has 2 rings (SSSR count). The zero-order valence-corrected chi connectivity index (χ0v) is 13.6. The number of sulfone groups is 1. The molecule has 0 atom stereocenters. The molecular weight excluding hydrogens is 302 g/mol. The Morgan fingerprint density at radius 1 is 1.32 bits per heavy atom. The van der Waals surface area contributed by atoms with Crippen LogP contribution in [-0.4, -0.2) is 25.7 Å². The fraction of sp³-hybridized carbons (Fsp3) is 0.500. The molecule has 22 heavy (non-hydrogen) atoms. The molecule has 1 fully saturated rings. The van der Waals surface area contributed by atoms with Gasteiger partial charge in [-0.1, -0.05) is 25.0 Å². The maximum Gasteiger partial charge on any atom is 0.328 e. The van der Waals surface area contributed by atoms with E-state index in [1.54, 1.807) is 25.1 Å². The van der Waals surface area contributed by atoms with Crippen LogP contribution in [0.15, 0.2) is 23.1 Å². The Hall–Kier alpha value is -1.87. The molecule has 5 nitrogen and oxygen atoms in total.